The molecule has 0 fully saturated rings. The van der Waals surface area contributed by atoms with E-state index in [1.807, 2.05) is 6.92 Å². The number of nitrogens with one attached hydrogen (secondary N) is 1. The van der Waals surface area contributed by atoms with Crippen LogP contribution < -0.4 is 5.32 Å². The second kappa shape index (κ2) is 5.92. The largest absolute Gasteiger partial charge is 0.394 e. The number of fused-ring (bicyclic) bond motifs is 1. The summed E-state index contributed by atoms with van der Waals surface area (Å²) in [6, 6.07) is 3.44. The molecule has 0 bridgehead atoms. The van der Waals surface area contributed by atoms with Crippen LogP contribution in [0.15, 0.2) is 24.4 Å². The molecule has 4 nitrogen and oxygen atoms in total. The minimum atomic E-state index is -1.03. The van der Waals surface area contributed by atoms with Crippen LogP contribution in [-0.2, 0) is 0 Å². The Balaban J connectivity index is 2.32. The van der Waals surface area contributed by atoms with Crippen molar-refractivity contribution >= 4 is 16.8 Å². The Kier molecular flexibility index (Phi) is 4.24. The predicted molar refractivity (Wildman–Crippen MR) is 70.3 cm³/mol. The van der Waals surface area contributed by atoms with E-state index in [0.29, 0.717) is 11.8 Å². The molecule has 0 saturated heterocycles. The topological polar surface area (TPSA) is 62.2 Å². The summed E-state index contributed by atoms with van der Waals surface area (Å²) >= 11 is 0. The average Bonchev–Trinajstić information content (AvgIpc) is 2.48. The molecule has 2 aromatic rings. The number of carbonyl (C=O) groups excluding carboxylic acids is 1. The van der Waals surface area contributed by atoms with Gasteiger partial charge in [-0.2, -0.15) is 0 Å². The maximum Gasteiger partial charge on any atom is 0.253 e. The monoisotopic (exact) mass is 280 g/mol. The lowest BCUT2D eigenvalue weighted by Crippen LogP contribution is -2.36. The number of hydrogen-bond acceptors (Lipinski definition) is 3. The molecule has 1 aromatic carbocycles. The van der Waals surface area contributed by atoms with Crippen molar-refractivity contribution in [2.45, 2.75) is 19.4 Å². The molecule has 6 heteroatoms. The molecule has 0 aliphatic carbocycles. The van der Waals surface area contributed by atoms with Crippen LogP contribution in [0.25, 0.3) is 10.9 Å². The number of aromatic nitrogens is 1. The molecule has 0 aliphatic heterocycles. The van der Waals surface area contributed by atoms with Gasteiger partial charge in [-0.25, -0.2) is 8.78 Å². The molecule has 20 heavy (non-hydrogen) atoms. The van der Waals surface area contributed by atoms with Gasteiger partial charge in [-0.15, -0.1) is 0 Å². The Labute approximate surface area is 114 Å². The van der Waals surface area contributed by atoms with E-state index in [4.69, 9.17) is 5.11 Å². The van der Waals surface area contributed by atoms with Gasteiger partial charge in [0.05, 0.1) is 18.2 Å². The number of rotatable bonds is 4. The second-order valence-electron chi connectivity index (χ2n) is 4.42. The highest BCUT2D eigenvalue weighted by atomic mass is 19.2. The zero-order valence-corrected chi connectivity index (χ0v) is 10.9. The fourth-order valence-corrected chi connectivity index (χ4v) is 1.81. The van der Waals surface area contributed by atoms with Gasteiger partial charge in [-0.05, 0) is 24.6 Å². The van der Waals surface area contributed by atoms with E-state index in [-0.39, 0.29) is 23.7 Å². The molecule has 1 aromatic heterocycles. The molecule has 0 radical (unpaired) electrons. The van der Waals surface area contributed by atoms with Crippen LogP contribution in [0.3, 0.4) is 0 Å². The lowest BCUT2D eigenvalue weighted by molar-refractivity contribution is 0.0914. The average molecular weight is 280 g/mol. The van der Waals surface area contributed by atoms with Crippen molar-refractivity contribution in [3.05, 3.63) is 41.6 Å². The Morgan fingerprint density at radius 3 is 2.85 bits per heavy atom. The van der Waals surface area contributed by atoms with Gasteiger partial charge in [0.2, 0.25) is 0 Å². The van der Waals surface area contributed by atoms with Crippen LogP contribution >= 0.6 is 0 Å². The summed E-state index contributed by atoms with van der Waals surface area (Å²) in [6.07, 6.45) is 1.77. The molecule has 0 aliphatic rings. The van der Waals surface area contributed by atoms with Crippen LogP contribution in [0, 0.1) is 11.6 Å². The van der Waals surface area contributed by atoms with Crippen molar-refractivity contribution in [1.29, 1.82) is 0 Å². The molecule has 106 valence electrons. The first-order valence-electron chi connectivity index (χ1n) is 6.22. The van der Waals surface area contributed by atoms with Gasteiger partial charge in [0.1, 0.15) is 5.52 Å². The highest BCUT2D eigenvalue weighted by Gasteiger charge is 2.14. The summed E-state index contributed by atoms with van der Waals surface area (Å²) < 4.78 is 26.5. The minimum absolute atomic E-state index is 0.115. The van der Waals surface area contributed by atoms with E-state index in [2.05, 4.69) is 10.3 Å². The normalized spacial score (nSPS) is 12.4. The van der Waals surface area contributed by atoms with Gasteiger partial charge in [0, 0.05) is 11.6 Å². The Morgan fingerprint density at radius 1 is 1.45 bits per heavy atom. The van der Waals surface area contributed by atoms with Crippen molar-refractivity contribution in [2.75, 3.05) is 6.61 Å². The lowest BCUT2D eigenvalue weighted by atomic mass is 10.1. The van der Waals surface area contributed by atoms with Crippen LogP contribution in [-0.4, -0.2) is 28.6 Å². The molecule has 1 amide bonds. The second-order valence-corrected chi connectivity index (χ2v) is 4.42. The Bertz CT molecular complexity index is 642. The van der Waals surface area contributed by atoms with Gasteiger partial charge in [-0.3, -0.25) is 9.78 Å². The van der Waals surface area contributed by atoms with E-state index in [1.54, 1.807) is 0 Å². The molecule has 2 N–H and O–H groups in total. The van der Waals surface area contributed by atoms with Gasteiger partial charge < -0.3 is 10.4 Å². The molecule has 1 heterocycles. The molecular weight excluding hydrogens is 266 g/mol. The van der Waals surface area contributed by atoms with Crippen molar-refractivity contribution in [2.24, 2.45) is 0 Å². The number of pyridine rings is 1. The number of benzene rings is 1. The number of carbonyl (C=O) groups is 1. The molecular formula is C14H14F2N2O2. The summed E-state index contributed by atoms with van der Waals surface area (Å²) in [4.78, 5) is 15.7. The standard InChI is InChI=1S/C14H14F2N2O2/c1-2-10(7-19)18-14(20)9-5-8-3-4-11(15)12(16)13(8)17-6-9/h3-6,10,19H,2,7H2,1H3,(H,18,20). The van der Waals surface area contributed by atoms with Gasteiger partial charge >= 0.3 is 0 Å². The highest BCUT2D eigenvalue weighted by molar-refractivity contribution is 5.97. The summed E-state index contributed by atoms with van der Waals surface area (Å²) in [7, 11) is 0. The third-order valence-corrected chi connectivity index (χ3v) is 3.05. The van der Waals surface area contributed by atoms with Crippen molar-refractivity contribution in [3.8, 4) is 0 Å². The number of aliphatic hydroxyl groups is 1. The van der Waals surface area contributed by atoms with Crippen LogP contribution in [0.1, 0.15) is 23.7 Å². The van der Waals surface area contributed by atoms with Crippen LogP contribution in [0.4, 0.5) is 8.78 Å². The van der Waals surface area contributed by atoms with Crippen molar-refractivity contribution in [3.63, 3.8) is 0 Å². The Morgan fingerprint density at radius 2 is 2.20 bits per heavy atom. The lowest BCUT2D eigenvalue weighted by Gasteiger charge is -2.14. The SMILES string of the molecule is CCC(CO)NC(=O)c1cnc2c(F)c(F)ccc2c1. The third kappa shape index (κ3) is 2.75. The van der Waals surface area contributed by atoms with Crippen molar-refractivity contribution in [1.82, 2.24) is 10.3 Å². The molecule has 0 saturated carbocycles. The summed E-state index contributed by atoms with van der Waals surface area (Å²) in [5.74, 6) is -2.42. The van der Waals surface area contributed by atoms with Crippen LogP contribution in [0.5, 0.6) is 0 Å². The zero-order chi connectivity index (χ0) is 14.7. The number of hydrogen-bond donors (Lipinski definition) is 2. The first-order valence-corrected chi connectivity index (χ1v) is 6.22. The molecule has 0 spiro atoms. The van der Waals surface area contributed by atoms with Crippen molar-refractivity contribution < 1.29 is 18.7 Å². The fraction of sp³-hybridized carbons (Fsp3) is 0.286. The fourth-order valence-electron chi connectivity index (χ4n) is 1.81. The quantitative estimate of drug-likeness (QED) is 0.900. The maximum atomic E-state index is 13.5. The minimum Gasteiger partial charge on any atom is -0.394 e. The summed E-state index contributed by atoms with van der Waals surface area (Å²) in [5, 5.41) is 12.0. The van der Waals surface area contributed by atoms with E-state index < -0.39 is 17.5 Å². The Hall–Kier alpha value is -2.08. The maximum absolute atomic E-state index is 13.5. The van der Waals surface area contributed by atoms with Gasteiger partial charge in [-0.1, -0.05) is 6.92 Å². The highest BCUT2D eigenvalue weighted by Crippen LogP contribution is 2.19. The van der Waals surface area contributed by atoms with Gasteiger partial charge in [0.15, 0.2) is 11.6 Å². The van der Waals surface area contributed by atoms with E-state index in [9.17, 15) is 13.6 Å². The van der Waals surface area contributed by atoms with Gasteiger partial charge in [0.25, 0.3) is 5.91 Å². The van der Waals surface area contributed by atoms with E-state index >= 15 is 0 Å². The molecule has 2 rings (SSSR count). The van der Waals surface area contributed by atoms with E-state index in [0.717, 1.165) is 6.07 Å². The molecule has 1 atom stereocenters. The number of halogens is 2. The predicted octanol–water partition coefficient (Wildman–Crippen LogP) is 2.01. The first-order chi connectivity index (χ1) is 9.56. The summed E-state index contributed by atoms with van der Waals surface area (Å²) in [6.45, 7) is 1.67. The number of nitrogens with zero attached hydrogens (tertiary/aromatic N) is 1. The number of aliphatic hydroxyl groups excluding tert-OH is 1. The third-order valence-electron chi connectivity index (χ3n) is 3.05. The first kappa shape index (κ1) is 14.3. The zero-order valence-electron chi connectivity index (χ0n) is 10.9. The summed E-state index contributed by atoms with van der Waals surface area (Å²) in [5.41, 5.74) is 0.117. The number of amides is 1. The molecule has 1 unspecified atom stereocenters. The van der Waals surface area contributed by atoms with E-state index in [1.165, 1.54) is 18.3 Å². The smallest absolute Gasteiger partial charge is 0.253 e. The van der Waals surface area contributed by atoms with Crippen LogP contribution in [0.2, 0.25) is 0 Å².